The Kier molecular flexibility index (Phi) is 6.42. The Balaban J connectivity index is 0.000000595. The van der Waals surface area contributed by atoms with E-state index in [1.807, 2.05) is 18.5 Å². The van der Waals surface area contributed by atoms with Gasteiger partial charge in [0.2, 0.25) is 0 Å². The summed E-state index contributed by atoms with van der Waals surface area (Å²) in [6.07, 6.45) is 3.54. The number of carbonyl (C=O) groups is 1. The topological polar surface area (TPSA) is 82.5 Å². The molecular formula is C15H21N5O2S. The number of piperazine rings is 1. The van der Waals surface area contributed by atoms with Crippen molar-refractivity contribution in [3.05, 3.63) is 34.2 Å². The fourth-order valence-electron chi connectivity index (χ4n) is 2.48. The molecule has 1 saturated heterocycles. The summed E-state index contributed by atoms with van der Waals surface area (Å²) in [7, 11) is 0. The van der Waals surface area contributed by atoms with Crippen LogP contribution in [0.4, 0.5) is 5.82 Å². The molecule has 0 spiro atoms. The van der Waals surface area contributed by atoms with Crippen LogP contribution in [0.25, 0.3) is 0 Å². The third kappa shape index (κ3) is 4.70. The number of hydrogen-bond donors (Lipinski definition) is 1. The third-order valence-electron chi connectivity index (χ3n) is 3.82. The van der Waals surface area contributed by atoms with Gasteiger partial charge >= 0.3 is 0 Å². The number of rotatable bonds is 3. The SMILES string of the molecule is Cc1ncnc(N2CCN(Cc3nccs3)CC2)c1C.O=CO. The van der Waals surface area contributed by atoms with Crippen molar-refractivity contribution in [3.8, 4) is 0 Å². The van der Waals surface area contributed by atoms with Crippen LogP contribution in [0, 0.1) is 13.8 Å². The van der Waals surface area contributed by atoms with Gasteiger partial charge in [0, 0.05) is 49.0 Å². The van der Waals surface area contributed by atoms with Crippen molar-refractivity contribution in [3.63, 3.8) is 0 Å². The van der Waals surface area contributed by atoms with Crippen molar-refractivity contribution < 1.29 is 9.90 Å². The maximum absolute atomic E-state index is 8.36. The molecule has 23 heavy (non-hydrogen) atoms. The summed E-state index contributed by atoms with van der Waals surface area (Å²) in [6, 6.07) is 0. The summed E-state index contributed by atoms with van der Waals surface area (Å²) in [5.41, 5.74) is 2.26. The number of hydrogen-bond acceptors (Lipinski definition) is 7. The standard InChI is InChI=1S/C14H19N5S.CH2O2/c1-11-12(2)16-10-17-14(11)19-6-4-18(5-7-19)9-13-15-3-8-20-13;2-1-3/h3,8,10H,4-7,9H2,1-2H3;1H,(H,2,3). The summed E-state index contributed by atoms with van der Waals surface area (Å²) >= 11 is 1.73. The van der Waals surface area contributed by atoms with Gasteiger partial charge < -0.3 is 10.0 Å². The first-order valence-corrected chi connectivity index (χ1v) is 8.25. The predicted molar refractivity (Wildman–Crippen MR) is 89.8 cm³/mol. The summed E-state index contributed by atoms with van der Waals surface area (Å²) in [5.74, 6) is 1.09. The molecule has 7 nitrogen and oxygen atoms in total. The number of aryl methyl sites for hydroxylation is 1. The highest BCUT2D eigenvalue weighted by atomic mass is 32.1. The molecular weight excluding hydrogens is 314 g/mol. The lowest BCUT2D eigenvalue weighted by Gasteiger charge is -2.35. The van der Waals surface area contributed by atoms with E-state index in [0.29, 0.717) is 0 Å². The van der Waals surface area contributed by atoms with Crippen molar-refractivity contribution in [2.45, 2.75) is 20.4 Å². The van der Waals surface area contributed by atoms with Crippen molar-refractivity contribution in [2.24, 2.45) is 0 Å². The van der Waals surface area contributed by atoms with Crippen LogP contribution in [0.3, 0.4) is 0 Å². The molecule has 2 aromatic rings. The first kappa shape index (κ1) is 17.3. The number of anilines is 1. The van der Waals surface area contributed by atoms with Crippen LogP contribution in [0.5, 0.6) is 0 Å². The maximum Gasteiger partial charge on any atom is 0.290 e. The van der Waals surface area contributed by atoms with Gasteiger partial charge in [-0.05, 0) is 13.8 Å². The zero-order valence-electron chi connectivity index (χ0n) is 13.3. The molecule has 8 heteroatoms. The number of carboxylic acid groups (broad SMARTS) is 1. The Morgan fingerprint density at radius 1 is 1.22 bits per heavy atom. The van der Waals surface area contributed by atoms with E-state index in [4.69, 9.17) is 9.90 Å². The Hall–Kier alpha value is -2.06. The second-order valence-electron chi connectivity index (χ2n) is 5.20. The summed E-state index contributed by atoms with van der Waals surface area (Å²) in [5, 5.41) is 10.1. The Bertz CT molecular complexity index is 612. The second-order valence-corrected chi connectivity index (χ2v) is 6.18. The van der Waals surface area contributed by atoms with Crippen LogP contribution in [-0.2, 0) is 11.3 Å². The minimum Gasteiger partial charge on any atom is -0.483 e. The molecule has 0 aliphatic carbocycles. The van der Waals surface area contributed by atoms with Gasteiger partial charge in [0.05, 0.1) is 6.54 Å². The summed E-state index contributed by atoms with van der Waals surface area (Å²) in [4.78, 5) is 26.2. The number of nitrogens with zero attached hydrogens (tertiary/aromatic N) is 5. The normalized spacial score (nSPS) is 15.0. The molecule has 0 saturated carbocycles. The van der Waals surface area contributed by atoms with E-state index in [1.54, 1.807) is 17.7 Å². The highest BCUT2D eigenvalue weighted by Gasteiger charge is 2.20. The lowest BCUT2D eigenvalue weighted by molar-refractivity contribution is -0.122. The van der Waals surface area contributed by atoms with Crippen LogP contribution in [0.15, 0.2) is 17.9 Å². The fourth-order valence-corrected chi connectivity index (χ4v) is 3.14. The lowest BCUT2D eigenvalue weighted by atomic mass is 10.2. The van der Waals surface area contributed by atoms with Crippen molar-refractivity contribution in [1.29, 1.82) is 0 Å². The van der Waals surface area contributed by atoms with Gasteiger partial charge in [-0.1, -0.05) is 0 Å². The Labute approximate surface area is 139 Å². The van der Waals surface area contributed by atoms with E-state index in [0.717, 1.165) is 44.2 Å². The predicted octanol–water partition coefficient (Wildman–Crippen LogP) is 1.57. The average molecular weight is 335 g/mol. The largest absolute Gasteiger partial charge is 0.483 e. The van der Waals surface area contributed by atoms with Gasteiger partial charge in [0.15, 0.2) is 0 Å². The quantitative estimate of drug-likeness (QED) is 0.853. The molecule has 0 unspecified atom stereocenters. The first-order chi connectivity index (χ1) is 11.2. The molecule has 0 amide bonds. The van der Waals surface area contributed by atoms with Crippen molar-refractivity contribution >= 4 is 23.6 Å². The molecule has 3 rings (SSSR count). The molecule has 0 atom stereocenters. The molecule has 1 aliphatic rings. The van der Waals surface area contributed by atoms with Gasteiger partial charge in [0.25, 0.3) is 6.47 Å². The molecule has 0 aromatic carbocycles. The smallest absolute Gasteiger partial charge is 0.290 e. The number of aromatic nitrogens is 3. The van der Waals surface area contributed by atoms with Gasteiger partial charge in [-0.15, -0.1) is 11.3 Å². The van der Waals surface area contributed by atoms with Crippen molar-refractivity contribution in [1.82, 2.24) is 19.9 Å². The molecule has 1 aliphatic heterocycles. The van der Waals surface area contributed by atoms with E-state index >= 15 is 0 Å². The van der Waals surface area contributed by atoms with E-state index in [2.05, 4.69) is 31.7 Å². The zero-order valence-corrected chi connectivity index (χ0v) is 14.2. The van der Waals surface area contributed by atoms with Gasteiger partial charge in [-0.25, -0.2) is 15.0 Å². The van der Waals surface area contributed by atoms with Gasteiger partial charge in [-0.3, -0.25) is 9.69 Å². The lowest BCUT2D eigenvalue weighted by Crippen LogP contribution is -2.46. The van der Waals surface area contributed by atoms with Gasteiger partial charge in [0.1, 0.15) is 17.2 Å². The minimum atomic E-state index is -0.250. The van der Waals surface area contributed by atoms with Crippen molar-refractivity contribution in [2.75, 3.05) is 31.1 Å². The third-order valence-corrected chi connectivity index (χ3v) is 4.59. The average Bonchev–Trinajstić information content (AvgIpc) is 3.05. The molecule has 0 radical (unpaired) electrons. The van der Waals surface area contributed by atoms with Gasteiger partial charge in [-0.2, -0.15) is 0 Å². The van der Waals surface area contributed by atoms with Crippen LogP contribution in [0.2, 0.25) is 0 Å². The van der Waals surface area contributed by atoms with E-state index in [9.17, 15) is 0 Å². The maximum atomic E-state index is 8.36. The molecule has 3 heterocycles. The van der Waals surface area contributed by atoms with E-state index in [-0.39, 0.29) is 6.47 Å². The van der Waals surface area contributed by atoms with Crippen LogP contribution < -0.4 is 4.90 Å². The first-order valence-electron chi connectivity index (χ1n) is 7.37. The summed E-state index contributed by atoms with van der Waals surface area (Å²) in [6.45, 7) is 9.01. The Morgan fingerprint density at radius 3 is 2.52 bits per heavy atom. The monoisotopic (exact) mass is 335 g/mol. The molecule has 2 aromatic heterocycles. The molecule has 0 bridgehead atoms. The van der Waals surface area contributed by atoms with E-state index < -0.39 is 0 Å². The highest BCUT2D eigenvalue weighted by molar-refractivity contribution is 7.09. The number of thiazole rings is 1. The summed E-state index contributed by atoms with van der Waals surface area (Å²) < 4.78 is 0. The van der Waals surface area contributed by atoms with E-state index in [1.165, 1.54) is 10.6 Å². The second kappa shape index (κ2) is 8.54. The highest BCUT2D eigenvalue weighted by Crippen LogP contribution is 2.20. The molecule has 1 fully saturated rings. The Morgan fingerprint density at radius 2 is 1.91 bits per heavy atom. The fraction of sp³-hybridized carbons (Fsp3) is 0.467. The minimum absolute atomic E-state index is 0.250. The van der Waals surface area contributed by atoms with Crippen LogP contribution >= 0.6 is 11.3 Å². The van der Waals surface area contributed by atoms with Crippen LogP contribution in [-0.4, -0.2) is 57.6 Å². The zero-order chi connectivity index (χ0) is 16.7. The molecule has 1 N–H and O–H groups in total. The van der Waals surface area contributed by atoms with Crippen LogP contribution in [0.1, 0.15) is 16.3 Å². The molecule has 124 valence electrons.